The topological polar surface area (TPSA) is 55.1 Å². The third-order valence-corrected chi connectivity index (χ3v) is 4.15. The summed E-state index contributed by atoms with van der Waals surface area (Å²) < 4.78 is 14.7. The van der Waals surface area contributed by atoms with Crippen molar-refractivity contribution in [1.29, 1.82) is 0 Å². The molecule has 5 nitrogen and oxygen atoms in total. The molecule has 0 amide bonds. The standard InChI is InChI=1S/C18H13ClFN5/c19-15-4-2-1-3-13(15)11-21-16-9-10-17-22-23-18(25(17)24-16)12-5-7-14(20)8-6-12/h1-10H,11H2,(H,21,24). The van der Waals surface area contributed by atoms with E-state index in [1.165, 1.54) is 12.1 Å². The Bertz CT molecular complexity index is 1030. The summed E-state index contributed by atoms with van der Waals surface area (Å²) in [7, 11) is 0. The van der Waals surface area contributed by atoms with E-state index < -0.39 is 0 Å². The van der Waals surface area contributed by atoms with E-state index in [9.17, 15) is 4.39 Å². The summed E-state index contributed by atoms with van der Waals surface area (Å²) in [4.78, 5) is 0. The average molecular weight is 354 g/mol. The van der Waals surface area contributed by atoms with Crippen LogP contribution in [0.2, 0.25) is 5.02 Å². The van der Waals surface area contributed by atoms with Crippen LogP contribution in [-0.4, -0.2) is 19.8 Å². The second-order valence-electron chi connectivity index (χ2n) is 5.46. The van der Waals surface area contributed by atoms with E-state index in [0.29, 0.717) is 28.9 Å². The van der Waals surface area contributed by atoms with Crippen molar-refractivity contribution in [3.63, 3.8) is 0 Å². The highest BCUT2D eigenvalue weighted by molar-refractivity contribution is 6.31. The minimum absolute atomic E-state index is 0.298. The van der Waals surface area contributed by atoms with Gasteiger partial charge in [0.15, 0.2) is 11.5 Å². The summed E-state index contributed by atoms with van der Waals surface area (Å²) >= 11 is 6.17. The largest absolute Gasteiger partial charge is 0.364 e. The lowest BCUT2D eigenvalue weighted by Crippen LogP contribution is -2.05. The molecule has 0 bridgehead atoms. The zero-order chi connectivity index (χ0) is 17.2. The summed E-state index contributed by atoms with van der Waals surface area (Å²) in [5.74, 6) is 0.916. The van der Waals surface area contributed by atoms with Gasteiger partial charge in [-0.2, -0.15) is 4.52 Å². The quantitative estimate of drug-likeness (QED) is 0.597. The lowest BCUT2D eigenvalue weighted by molar-refractivity contribution is 0.628. The van der Waals surface area contributed by atoms with Crippen LogP contribution < -0.4 is 5.32 Å². The van der Waals surface area contributed by atoms with Crippen molar-refractivity contribution >= 4 is 23.1 Å². The van der Waals surface area contributed by atoms with Crippen molar-refractivity contribution in [1.82, 2.24) is 19.8 Å². The molecule has 0 saturated carbocycles. The van der Waals surface area contributed by atoms with E-state index in [0.717, 1.165) is 11.1 Å². The van der Waals surface area contributed by atoms with Crippen LogP contribution in [0, 0.1) is 5.82 Å². The first-order chi connectivity index (χ1) is 12.2. The van der Waals surface area contributed by atoms with Crippen molar-refractivity contribution in [3.05, 3.63) is 77.1 Å². The number of hydrogen-bond acceptors (Lipinski definition) is 4. The molecular weight excluding hydrogens is 341 g/mol. The van der Waals surface area contributed by atoms with Crippen LogP contribution in [-0.2, 0) is 6.54 Å². The second-order valence-corrected chi connectivity index (χ2v) is 5.87. The molecule has 2 aromatic heterocycles. The molecule has 0 spiro atoms. The van der Waals surface area contributed by atoms with Gasteiger partial charge in [-0.15, -0.1) is 15.3 Å². The van der Waals surface area contributed by atoms with Gasteiger partial charge in [-0.25, -0.2) is 4.39 Å². The number of anilines is 1. The highest BCUT2D eigenvalue weighted by atomic mass is 35.5. The maximum absolute atomic E-state index is 13.1. The Morgan fingerprint density at radius 3 is 2.56 bits per heavy atom. The average Bonchev–Trinajstić information content (AvgIpc) is 3.05. The van der Waals surface area contributed by atoms with E-state index in [-0.39, 0.29) is 5.82 Å². The molecule has 0 aliphatic carbocycles. The van der Waals surface area contributed by atoms with Gasteiger partial charge in [-0.3, -0.25) is 0 Å². The fraction of sp³-hybridized carbons (Fsp3) is 0.0556. The lowest BCUT2D eigenvalue weighted by Gasteiger charge is -2.08. The molecule has 0 atom stereocenters. The Kier molecular flexibility index (Phi) is 4.03. The Hall–Kier alpha value is -2.99. The highest BCUT2D eigenvalue weighted by Crippen LogP contribution is 2.20. The molecule has 25 heavy (non-hydrogen) atoms. The molecule has 0 unspecified atom stereocenters. The van der Waals surface area contributed by atoms with Gasteiger partial charge in [0.1, 0.15) is 11.6 Å². The molecule has 4 rings (SSSR count). The first-order valence-corrected chi connectivity index (χ1v) is 8.04. The number of fused-ring (bicyclic) bond motifs is 1. The van der Waals surface area contributed by atoms with Crippen LogP contribution in [0.25, 0.3) is 17.0 Å². The smallest absolute Gasteiger partial charge is 0.185 e. The minimum Gasteiger partial charge on any atom is -0.364 e. The number of rotatable bonds is 4. The maximum atomic E-state index is 13.1. The Balaban J connectivity index is 1.64. The number of nitrogens with one attached hydrogen (secondary N) is 1. The van der Waals surface area contributed by atoms with E-state index >= 15 is 0 Å². The van der Waals surface area contributed by atoms with Gasteiger partial charge in [0, 0.05) is 17.1 Å². The van der Waals surface area contributed by atoms with Crippen molar-refractivity contribution in [2.45, 2.75) is 6.54 Å². The van der Waals surface area contributed by atoms with Crippen LogP contribution in [0.1, 0.15) is 5.56 Å². The SMILES string of the molecule is Fc1ccc(-c2nnc3ccc(NCc4ccccc4Cl)nn23)cc1. The fourth-order valence-electron chi connectivity index (χ4n) is 2.49. The predicted octanol–water partition coefficient (Wildman–Crippen LogP) is 4.20. The molecule has 1 N–H and O–H groups in total. The van der Waals surface area contributed by atoms with Gasteiger partial charge >= 0.3 is 0 Å². The van der Waals surface area contributed by atoms with Gasteiger partial charge < -0.3 is 5.32 Å². The van der Waals surface area contributed by atoms with Crippen LogP contribution in [0.3, 0.4) is 0 Å². The molecule has 0 aliphatic rings. The van der Waals surface area contributed by atoms with E-state index in [2.05, 4.69) is 20.6 Å². The normalized spacial score (nSPS) is 11.0. The summed E-state index contributed by atoms with van der Waals surface area (Å²) in [6, 6.07) is 17.4. The van der Waals surface area contributed by atoms with Gasteiger partial charge in [-0.1, -0.05) is 29.8 Å². The fourth-order valence-corrected chi connectivity index (χ4v) is 2.69. The highest BCUT2D eigenvalue weighted by Gasteiger charge is 2.10. The third kappa shape index (κ3) is 3.16. The number of halogens is 2. The molecule has 0 radical (unpaired) electrons. The lowest BCUT2D eigenvalue weighted by atomic mass is 10.2. The van der Waals surface area contributed by atoms with Crippen LogP contribution in [0.4, 0.5) is 10.2 Å². The third-order valence-electron chi connectivity index (χ3n) is 3.78. The molecule has 2 heterocycles. The van der Waals surface area contributed by atoms with E-state index in [4.69, 9.17) is 11.6 Å². The number of nitrogens with zero attached hydrogens (tertiary/aromatic N) is 4. The molecule has 124 valence electrons. The first-order valence-electron chi connectivity index (χ1n) is 7.66. The van der Waals surface area contributed by atoms with E-state index in [1.807, 2.05) is 36.4 Å². The maximum Gasteiger partial charge on any atom is 0.185 e. The van der Waals surface area contributed by atoms with Crippen LogP contribution >= 0.6 is 11.6 Å². The molecule has 0 fully saturated rings. The van der Waals surface area contributed by atoms with Gasteiger partial charge in [0.25, 0.3) is 0 Å². The number of aromatic nitrogens is 4. The van der Waals surface area contributed by atoms with Crippen molar-refractivity contribution in [2.24, 2.45) is 0 Å². The molecule has 2 aromatic carbocycles. The Morgan fingerprint density at radius 2 is 1.76 bits per heavy atom. The summed E-state index contributed by atoms with van der Waals surface area (Å²) in [6.45, 7) is 0.548. The zero-order valence-corrected chi connectivity index (χ0v) is 13.8. The second kappa shape index (κ2) is 6.49. The summed E-state index contributed by atoms with van der Waals surface area (Å²) in [6.07, 6.45) is 0. The zero-order valence-electron chi connectivity index (χ0n) is 13.0. The molecule has 0 saturated heterocycles. The molecule has 0 aliphatic heterocycles. The van der Waals surface area contributed by atoms with Crippen LogP contribution in [0.5, 0.6) is 0 Å². The molecular formula is C18H13ClFN5. The first kappa shape index (κ1) is 15.5. The number of benzene rings is 2. The summed E-state index contributed by atoms with van der Waals surface area (Å²) in [5.41, 5.74) is 2.33. The van der Waals surface area contributed by atoms with E-state index in [1.54, 1.807) is 16.6 Å². The predicted molar refractivity (Wildman–Crippen MR) is 95.0 cm³/mol. The number of hydrogen-bond donors (Lipinski definition) is 1. The molecule has 7 heteroatoms. The van der Waals surface area contributed by atoms with Gasteiger partial charge in [-0.05, 0) is 48.0 Å². The monoisotopic (exact) mass is 353 g/mol. The van der Waals surface area contributed by atoms with Gasteiger partial charge in [0.05, 0.1) is 0 Å². The van der Waals surface area contributed by atoms with Crippen molar-refractivity contribution in [2.75, 3.05) is 5.32 Å². The summed E-state index contributed by atoms with van der Waals surface area (Å²) in [5, 5.41) is 16.7. The molecule has 4 aromatic rings. The minimum atomic E-state index is -0.298. The van der Waals surface area contributed by atoms with Gasteiger partial charge in [0.2, 0.25) is 0 Å². The van der Waals surface area contributed by atoms with Crippen molar-refractivity contribution < 1.29 is 4.39 Å². The Morgan fingerprint density at radius 1 is 0.960 bits per heavy atom. The van der Waals surface area contributed by atoms with Crippen LogP contribution in [0.15, 0.2) is 60.7 Å². The van der Waals surface area contributed by atoms with Crippen molar-refractivity contribution in [3.8, 4) is 11.4 Å². The Labute approximate surface area is 148 Å².